The van der Waals surface area contributed by atoms with E-state index in [1.807, 2.05) is 10.8 Å². The number of benzene rings is 2. The number of pyridine rings is 1. The third kappa shape index (κ3) is 4.19. The van der Waals surface area contributed by atoms with Crippen molar-refractivity contribution in [3.05, 3.63) is 99.5 Å². The molecule has 30 heavy (non-hydrogen) atoms. The first-order valence-corrected chi connectivity index (χ1v) is 11.1. The van der Waals surface area contributed by atoms with Gasteiger partial charge in [0.15, 0.2) is 0 Å². The van der Waals surface area contributed by atoms with Crippen molar-refractivity contribution < 1.29 is 0 Å². The maximum atomic E-state index is 12.7. The highest BCUT2D eigenvalue weighted by Crippen LogP contribution is 2.27. The maximum absolute atomic E-state index is 12.7. The summed E-state index contributed by atoms with van der Waals surface area (Å²) in [4.78, 5) is 17.5. The van der Waals surface area contributed by atoms with E-state index in [1.165, 1.54) is 48.2 Å². The van der Waals surface area contributed by atoms with Crippen LogP contribution in [-0.4, -0.2) is 22.6 Å². The number of nitrogens with zero attached hydrogens (tertiary/aromatic N) is 3. The molecule has 1 fully saturated rings. The Bertz CT molecular complexity index is 1040. The largest absolute Gasteiger partial charge is 0.363 e. The lowest BCUT2D eigenvalue weighted by Gasteiger charge is -2.18. The molecule has 0 N–H and O–H groups in total. The normalized spacial score (nSPS) is 16.2. The average molecular weight is 400 g/mol. The third-order valence-electron chi connectivity index (χ3n) is 6.45. The van der Waals surface area contributed by atoms with Gasteiger partial charge in [0.2, 0.25) is 0 Å². The van der Waals surface area contributed by atoms with E-state index in [1.54, 1.807) is 6.07 Å². The first kappa shape index (κ1) is 19.1. The second-order valence-electron chi connectivity index (χ2n) is 8.59. The van der Waals surface area contributed by atoms with Gasteiger partial charge in [-0.05, 0) is 60.7 Å². The lowest BCUT2D eigenvalue weighted by atomic mass is 10.1. The Kier molecular flexibility index (Phi) is 5.41. The molecular formula is C26H29N3O. The highest BCUT2D eigenvalue weighted by molar-refractivity contribution is 5.50. The van der Waals surface area contributed by atoms with Gasteiger partial charge in [-0.25, -0.2) is 0 Å². The van der Waals surface area contributed by atoms with Crippen molar-refractivity contribution in [3.63, 3.8) is 0 Å². The van der Waals surface area contributed by atoms with Crippen LogP contribution in [0.25, 0.3) is 0 Å². The number of fused-ring (bicyclic) bond motifs is 1. The van der Waals surface area contributed by atoms with E-state index < -0.39 is 0 Å². The van der Waals surface area contributed by atoms with Gasteiger partial charge in [-0.1, -0.05) is 48.5 Å². The molecule has 2 aliphatic heterocycles. The van der Waals surface area contributed by atoms with E-state index in [0.717, 1.165) is 31.7 Å². The fourth-order valence-electron chi connectivity index (χ4n) is 4.65. The van der Waals surface area contributed by atoms with Gasteiger partial charge < -0.3 is 9.47 Å². The Labute approximate surface area is 178 Å². The standard InChI is InChI=1S/C26H29N3O/c30-26-17-25(29-19-23-5-1-2-6-24(23)20-29)12-16-28(26)15-11-21-7-9-22(10-8-21)18-27-13-3-4-14-27/h1-2,5-10,12,16-17H,3-4,11,13-15,18-20H2. The summed E-state index contributed by atoms with van der Waals surface area (Å²) < 4.78 is 1.82. The smallest absolute Gasteiger partial charge is 0.252 e. The van der Waals surface area contributed by atoms with E-state index in [4.69, 9.17) is 0 Å². The molecular weight excluding hydrogens is 370 g/mol. The zero-order valence-corrected chi connectivity index (χ0v) is 17.5. The lowest BCUT2D eigenvalue weighted by Crippen LogP contribution is -2.23. The Morgan fingerprint density at radius 3 is 2.13 bits per heavy atom. The summed E-state index contributed by atoms with van der Waals surface area (Å²) in [6.07, 6.45) is 5.48. The van der Waals surface area contributed by atoms with E-state index in [9.17, 15) is 4.79 Å². The second-order valence-corrected chi connectivity index (χ2v) is 8.59. The first-order valence-electron chi connectivity index (χ1n) is 11.1. The predicted molar refractivity (Wildman–Crippen MR) is 122 cm³/mol. The van der Waals surface area contributed by atoms with Crippen LogP contribution in [0.3, 0.4) is 0 Å². The summed E-state index contributed by atoms with van der Waals surface area (Å²) >= 11 is 0. The molecule has 1 saturated heterocycles. The maximum Gasteiger partial charge on any atom is 0.252 e. The van der Waals surface area contributed by atoms with Crippen molar-refractivity contribution >= 4 is 5.69 Å². The van der Waals surface area contributed by atoms with Crippen molar-refractivity contribution in [2.24, 2.45) is 0 Å². The quantitative estimate of drug-likeness (QED) is 0.622. The number of hydrogen-bond donors (Lipinski definition) is 0. The van der Waals surface area contributed by atoms with Gasteiger partial charge >= 0.3 is 0 Å². The molecule has 2 aromatic carbocycles. The van der Waals surface area contributed by atoms with Crippen molar-refractivity contribution in [1.82, 2.24) is 9.47 Å². The van der Waals surface area contributed by atoms with Gasteiger partial charge in [-0.15, -0.1) is 0 Å². The van der Waals surface area contributed by atoms with Crippen LogP contribution < -0.4 is 10.5 Å². The number of aromatic nitrogens is 1. The number of likely N-dealkylation sites (tertiary alicyclic amines) is 1. The van der Waals surface area contributed by atoms with Gasteiger partial charge in [0, 0.05) is 44.1 Å². The topological polar surface area (TPSA) is 28.5 Å². The van der Waals surface area contributed by atoms with Crippen LogP contribution in [0, 0.1) is 0 Å². The molecule has 1 aromatic heterocycles. The molecule has 3 aromatic rings. The van der Waals surface area contributed by atoms with Crippen LogP contribution >= 0.6 is 0 Å². The van der Waals surface area contributed by atoms with Crippen LogP contribution in [0.2, 0.25) is 0 Å². The number of aryl methyl sites for hydroxylation is 2. The molecule has 4 nitrogen and oxygen atoms in total. The molecule has 0 spiro atoms. The van der Waals surface area contributed by atoms with Crippen LogP contribution in [0.4, 0.5) is 5.69 Å². The fourth-order valence-corrected chi connectivity index (χ4v) is 4.65. The number of anilines is 1. The molecule has 0 bridgehead atoms. The van der Waals surface area contributed by atoms with E-state index in [-0.39, 0.29) is 5.56 Å². The van der Waals surface area contributed by atoms with Crippen molar-refractivity contribution in [2.45, 2.75) is 45.4 Å². The molecule has 0 radical (unpaired) electrons. The highest BCUT2D eigenvalue weighted by Gasteiger charge is 2.19. The summed E-state index contributed by atoms with van der Waals surface area (Å²) in [5.74, 6) is 0. The fraction of sp³-hybridized carbons (Fsp3) is 0.346. The number of rotatable bonds is 6. The molecule has 154 valence electrons. The minimum atomic E-state index is 0.0779. The lowest BCUT2D eigenvalue weighted by molar-refractivity contribution is 0.331. The molecule has 0 saturated carbocycles. The van der Waals surface area contributed by atoms with E-state index in [0.29, 0.717) is 6.54 Å². The van der Waals surface area contributed by atoms with Crippen LogP contribution in [0.15, 0.2) is 71.7 Å². The van der Waals surface area contributed by atoms with Crippen LogP contribution in [-0.2, 0) is 32.6 Å². The summed E-state index contributed by atoms with van der Waals surface area (Å²) in [5.41, 5.74) is 6.47. The van der Waals surface area contributed by atoms with E-state index >= 15 is 0 Å². The minimum absolute atomic E-state index is 0.0779. The van der Waals surface area contributed by atoms with Crippen molar-refractivity contribution in [2.75, 3.05) is 18.0 Å². The monoisotopic (exact) mass is 399 g/mol. The summed E-state index contributed by atoms with van der Waals surface area (Å²) in [5, 5.41) is 0. The van der Waals surface area contributed by atoms with Crippen molar-refractivity contribution in [1.29, 1.82) is 0 Å². The predicted octanol–water partition coefficient (Wildman–Crippen LogP) is 4.21. The van der Waals surface area contributed by atoms with Gasteiger partial charge in [0.25, 0.3) is 5.56 Å². The van der Waals surface area contributed by atoms with Crippen LogP contribution in [0.1, 0.15) is 35.1 Å². The molecule has 5 rings (SSSR count). The SMILES string of the molecule is O=c1cc(N2Cc3ccccc3C2)ccn1CCc1ccc(CN2CCCC2)cc1. The highest BCUT2D eigenvalue weighted by atomic mass is 16.1. The summed E-state index contributed by atoms with van der Waals surface area (Å²) in [6, 6.07) is 21.3. The Morgan fingerprint density at radius 2 is 1.47 bits per heavy atom. The molecule has 0 atom stereocenters. The molecule has 3 heterocycles. The molecule has 0 unspecified atom stereocenters. The Hall–Kier alpha value is -2.85. The van der Waals surface area contributed by atoms with Gasteiger partial charge in [0.1, 0.15) is 0 Å². The zero-order valence-electron chi connectivity index (χ0n) is 17.5. The average Bonchev–Trinajstić information content (AvgIpc) is 3.43. The molecule has 0 amide bonds. The summed E-state index contributed by atoms with van der Waals surface area (Å²) in [7, 11) is 0. The van der Waals surface area contributed by atoms with Gasteiger partial charge in [-0.3, -0.25) is 9.69 Å². The van der Waals surface area contributed by atoms with Crippen molar-refractivity contribution in [3.8, 4) is 0 Å². The first-order chi connectivity index (χ1) is 14.7. The summed E-state index contributed by atoms with van der Waals surface area (Å²) in [6.45, 7) is 5.98. The zero-order chi connectivity index (χ0) is 20.3. The molecule has 2 aliphatic rings. The van der Waals surface area contributed by atoms with E-state index in [2.05, 4.69) is 64.4 Å². The minimum Gasteiger partial charge on any atom is -0.363 e. The molecule has 0 aliphatic carbocycles. The van der Waals surface area contributed by atoms with Gasteiger partial charge in [-0.2, -0.15) is 0 Å². The Balaban J connectivity index is 1.19. The second kappa shape index (κ2) is 8.49. The van der Waals surface area contributed by atoms with Gasteiger partial charge in [0.05, 0.1) is 0 Å². The third-order valence-corrected chi connectivity index (χ3v) is 6.45. The van der Waals surface area contributed by atoms with Crippen LogP contribution in [0.5, 0.6) is 0 Å². The molecule has 4 heteroatoms. The Morgan fingerprint density at radius 1 is 0.800 bits per heavy atom. The number of hydrogen-bond acceptors (Lipinski definition) is 3.